The summed E-state index contributed by atoms with van der Waals surface area (Å²) in [6.07, 6.45) is 0. The number of nitrogens with two attached hydrogens (primary N) is 1. The Kier molecular flexibility index (Phi) is 2.32. The van der Waals surface area contributed by atoms with Gasteiger partial charge in [0, 0.05) is 21.6 Å². The molecule has 0 amide bonds. The fourth-order valence-electron chi connectivity index (χ4n) is 3.04. The number of pyridine rings is 1. The van der Waals surface area contributed by atoms with E-state index < -0.39 is 28.6 Å². The minimum absolute atomic E-state index is 0.0117. The Bertz CT molecular complexity index is 1200. The number of benzene rings is 2. The number of aromatic hydroxyl groups is 1. The van der Waals surface area contributed by atoms with Gasteiger partial charge in [0.15, 0.2) is 5.88 Å². The van der Waals surface area contributed by atoms with Crippen LogP contribution in [0, 0.1) is 0 Å². The molecule has 4 N–H and O–H groups in total. The van der Waals surface area contributed by atoms with Crippen LogP contribution in [0.5, 0.6) is 5.88 Å². The van der Waals surface area contributed by atoms with Crippen LogP contribution >= 0.6 is 0 Å². The van der Waals surface area contributed by atoms with Gasteiger partial charge in [-0.2, -0.15) is 0 Å². The van der Waals surface area contributed by atoms with Crippen molar-refractivity contribution in [1.82, 2.24) is 4.98 Å². The molecule has 0 fully saturated rings. The number of ketones is 3. The summed E-state index contributed by atoms with van der Waals surface area (Å²) in [4.78, 5) is 50.3. The average Bonchev–Trinajstić information content (AvgIpc) is 2.54. The highest BCUT2D eigenvalue weighted by Crippen LogP contribution is 2.29. The van der Waals surface area contributed by atoms with Gasteiger partial charge in [-0.1, -0.05) is 12.1 Å². The first kappa shape index (κ1) is 13.2. The lowest BCUT2D eigenvalue weighted by molar-refractivity contribution is -0.130. The number of carbonyl (C=O) groups excluding carboxylic acids is 3. The summed E-state index contributed by atoms with van der Waals surface area (Å²) in [5.41, 5.74) is 4.51. The number of hydrogen-bond acceptors (Lipinski definition) is 6. The van der Waals surface area contributed by atoms with Crippen LogP contribution in [0.2, 0.25) is 0 Å². The number of nitrogens with one attached hydrogen (secondary N) is 1. The van der Waals surface area contributed by atoms with Gasteiger partial charge in [-0.25, -0.2) is 0 Å². The van der Waals surface area contributed by atoms with Crippen molar-refractivity contribution in [3.8, 4) is 5.88 Å². The van der Waals surface area contributed by atoms with Crippen LogP contribution in [0.4, 0.5) is 0 Å². The summed E-state index contributed by atoms with van der Waals surface area (Å²) >= 11 is 0. The van der Waals surface area contributed by atoms with Gasteiger partial charge in [-0.3, -0.25) is 24.2 Å². The standard InChI is InChI=1S/C16H8N2O5/c17-11-9-7(12(19)14(21)13(11)20)4-5-2-1-3-6-8(5)10(9)16(23)18-15(6)22/h1-4H,17H2,(H2,18,22,23). The summed E-state index contributed by atoms with van der Waals surface area (Å²) < 4.78 is 0. The van der Waals surface area contributed by atoms with Gasteiger partial charge < -0.3 is 10.8 Å². The molecule has 112 valence electrons. The summed E-state index contributed by atoms with van der Waals surface area (Å²) in [6, 6.07) is 6.26. The predicted octanol–water partition coefficient (Wildman–Crippen LogP) is -0.493. The first-order chi connectivity index (χ1) is 10.9. The van der Waals surface area contributed by atoms with Crippen LogP contribution < -0.4 is 16.5 Å². The highest BCUT2D eigenvalue weighted by atomic mass is 16.3. The molecule has 0 unspecified atom stereocenters. The molecule has 0 radical (unpaired) electrons. The van der Waals surface area contributed by atoms with E-state index in [1.165, 1.54) is 6.07 Å². The van der Waals surface area contributed by atoms with Crippen molar-refractivity contribution >= 4 is 44.6 Å². The van der Waals surface area contributed by atoms with Crippen molar-refractivity contribution < 1.29 is 19.5 Å². The van der Waals surface area contributed by atoms with Crippen molar-refractivity contribution in [2.75, 3.05) is 0 Å². The molecule has 1 heterocycles. The van der Waals surface area contributed by atoms with Crippen molar-refractivity contribution in [2.24, 2.45) is 5.73 Å². The van der Waals surface area contributed by atoms with Crippen molar-refractivity contribution in [2.45, 2.75) is 0 Å². The number of fused-ring (bicyclic) bond motifs is 2. The molecule has 0 spiro atoms. The Hall–Kier alpha value is -3.48. The Morgan fingerprint density at radius 2 is 1.70 bits per heavy atom. The fraction of sp³-hybridized carbons (Fsp3) is 0. The van der Waals surface area contributed by atoms with Gasteiger partial charge in [0.25, 0.3) is 17.1 Å². The second-order valence-electron chi connectivity index (χ2n) is 5.28. The lowest BCUT2D eigenvalue weighted by Gasteiger charge is -2.14. The Morgan fingerprint density at radius 3 is 2.43 bits per heavy atom. The maximum atomic E-state index is 12.3. The smallest absolute Gasteiger partial charge is 0.275 e. The van der Waals surface area contributed by atoms with Gasteiger partial charge in [0.2, 0.25) is 5.78 Å². The van der Waals surface area contributed by atoms with Gasteiger partial charge in [-0.05, 0) is 17.5 Å². The van der Waals surface area contributed by atoms with E-state index in [0.717, 1.165) is 0 Å². The molecule has 1 aromatic heterocycles. The average molecular weight is 308 g/mol. The maximum Gasteiger partial charge on any atom is 0.275 e. The van der Waals surface area contributed by atoms with Gasteiger partial charge >= 0.3 is 0 Å². The third-order valence-corrected chi connectivity index (χ3v) is 4.05. The number of hydrogen-bond donors (Lipinski definition) is 3. The molecule has 0 atom stereocenters. The second-order valence-corrected chi connectivity index (χ2v) is 5.28. The number of aromatic amines is 1. The molecule has 2 aromatic carbocycles. The van der Waals surface area contributed by atoms with Crippen molar-refractivity contribution in [3.05, 3.63) is 45.4 Å². The quantitative estimate of drug-likeness (QED) is 0.480. The van der Waals surface area contributed by atoms with Crippen molar-refractivity contribution in [1.29, 1.82) is 0 Å². The molecule has 7 nitrogen and oxygen atoms in total. The molecule has 7 heteroatoms. The molecule has 0 saturated carbocycles. The largest absolute Gasteiger partial charge is 0.494 e. The zero-order chi connectivity index (χ0) is 16.5. The SMILES string of the molecule is NC1=c2c(cc3cccc4c(O)[nH]c(=O)c2c34)C(=O)C(=O)C1=O. The molecule has 1 aliphatic rings. The highest BCUT2D eigenvalue weighted by molar-refractivity contribution is 6.75. The van der Waals surface area contributed by atoms with E-state index in [2.05, 4.69) is 4.98 Å². The summed E-state index contributed by atoms with van der Waals surface area (Å²) in [5.74, 6) is -3.66. The Labute approximate surface area is 127 Å². The number of carbonyl (C=O) groups is 3. The lowest BCUT2D eigenvalue weighted by atomic mass is 9.88. The third-order valence-electron chi connectivity index (χ3n) is 4.05. The van der Waals surface area contributed by atoms with Crippen LogP contribution in [0.1, 0.15) is 10.4 Å². The van der Waals surface area contributed by atoms with E-state index in [1.807, 2.05) is 0 Å². The van der Waals surface area contributed by atoms with E-state index in [-0.39, 0.29) is 22.0 Å². The van der Waals surface area contributed by atoms with E-state index in [4.69, 9.17) is 5.73 Å². The first-order valence-electron chi connectivity index (χ1n) is 6.65. The monoisotopic (exact) mass is 308 g/mol. The minimum atomic E-state index is -1.22. The van der Waals surface area contributed by atoms with Crippen LogP contribution in [0.15, 0.2) is 29.1 Å². The number of H-pyrrole nitrogens is 1. The van der Waals surface area contributed by atoms with E-state index >= 15 is 0 Å². The molecule has 23 heavy (non-hydrogen) atoms. The maximum absolute atomic E-state index is 12.3. The van der Waals surface area contributed by atoms with Crippen LogP contribution in [-0.4, -0.2) is 27.4 Å². The van der Waals surface area contributed by atoms with E-state index in [0.29, 0.717) is 16.2 Å². The number of aromatic nitrogens is 1. The number of rotatable bonds is 0. The summed E-state index contributed by atoms with van der Waals surface area (Å²) in [7, 11) is 0. The minimum Gasteiger partial charge on any atom is -0.494 e. The summed E-state index contributed by atoms with van der Waals surface area (Å²) in [5, 5.41) is 11.1. The van der Waals surface area contributed by atoms with E-state index in [1.54, 1.807) is 18.2 Å². The third kappa shape index (κ3) is 1.48. The van der Waals surface area contributed by atoms with Gasteiger partial charge in [0.1, 0.15) is 0 Å². The van der Waals surface area contributed by atoms with Crippen LogP contribution in [0.3, 0.4) is 0 Å². The first-order valence-corrected chi connectivity index (χ1v) is 6.65. The molecule has 1 aliphatic carbocycles. The van der Waals surface area contributed by atoms with Gasteiger partial charge in [-0.15, -0.1) is 0 Å². The lowest BCUT2D eigenvalue weighted by Crippen LogP contribution is -2.42. The second kappa shape index (κ2) is 4.04. The van der Waals surface area contributed by atoms with E-state index in [9.17, 15) is 24.3 Å². The topological polar surface area (TPSA) is 130 Å². The fourth-order valence-corrected chi connectivity index (χ4v) is 3.04. The molecule has 3 aromatic rings. The molecule has 0 saturated heterocycles. The zero-order valence-electron chi connectivity index (χ0n) is 11.5. The number of Topliss-reactive ketones (excluding diaryl/α,β-unsaturated/α-hetero) is 3. The normalized spacial score (nSPS) is 14.8. The van der Waals surface area contributed by atoms with Crippen LogP contribution in [-0.2, 0) is 9.59 Å². The molecule has 0 aliphatic heterocycles. The Morgan fingerprint density at radius 1 is 0.957 bits per heavy atom. The zero-order valence-corrected chi connectivity index (χ0v) is 11.5. The molecule has 0 bridgehead atoms. The summed E-state index contributed by atoms with van der Waals surface area (Å²) in [6.45, 7) is 0. The molecular weight excluding hydrogens is 300 g/mol. The Balaban J connectivity index is 2.46. The molecular formula is C16H8N2O5. The highest BCUT2D eigenvalue weighted by Gasteiger charge is 2.34. The van der Waals surface area contributed by atoms with Crippen molar-refractivity contribution in [3.63, 3.8) is 0 Å². The predicted molar refractivity (Wildman–Crippen MR) is 80.9 cm³/mol. The van der Waals surface area contributed by atoms with Gasteiger partial charge in [0.05, 0.1) is 11.1 Å². The van der Waals surface area contributed by atoms with Crippen LogP contribution in [0.25, 0.3) is 27.2 Å². The molecule has 4 rings (SSSR count).